The fourth-order valence-corrected chi connectivity index (χ4v) is 3.22. The van der Waals surface area contributed by atoms with E-state index in [4.69, 9.17) is 16.3 Å². The first-order valence-electron chi connectivity index (χ1n) is 8.19. The van der Waals surface area contributed by atoms with Crippen LogP contribution in [0.5, 0.6) is 0 Å². The third-order valence-corrected chi connectivity index (χ3v) is 4.61. The van der Waals surface area contributed by atoms with Crippen LogP contribution in [0.4, 0.5) is 0 Å². The van der Waals surface area contributed by atoms with Gasteiger partial charge in [0.1, 0.15) is 5.56 Å². The van der Waals surface area contributed by atoms with Crippen molar-refractivity contribution < 1.29 is 9.53 Å². The van der Waals surface area contributed by atoms with E-state index in [1.165, 1.54) is 12.3 Å². The Morgan fingerprint density at radius 1 is 1.24 bits per heavy atom. The van der Waals surface area contributed by atoms with E-state index >= 15 is 0 Å². The van der Waals surface area contributed by atoms with E-state index < -0.39 is 11.5 Å². The highest BCUT2D eigenvalue weighted by atomic mass is 35.5. The molecule has 132 valence electrons. The summed E-state index contributed by atoms with van der Waals surface area (Å²) in [5, 5.41) is 3.52. The predicted molar refractivity (Wildman–Crippen MR) is 96.0 cm³/mol. The molecule has 6 nitrogen and oxygen atoms in total. The van der Waals surface area contributed by atoms with Gasteiger partial charge in [-0.2, -0.15) is 0 Å². The molecule has 2 N–H and O–H groups in total. The molecule has 1 fully saturated rings. The van der Waals surface area contributed by atoms with Crippen LogP contribution in [0, 0.1) is 0 Å². The van der Waals surface area contributed by atoms with Crippen molar-refractivity contribution in [3.05, 3.63) is 69.1 Å². The number of aromatic nitrogens is 1. The molecule has 1 atom stereocenters. The zero-order valence-electron chi connectivity index (χ0n) is 13.7. The number of aromatic amines is 1. The predicted octanol–water partition coefficient (Wildman–Crippen LogP) is 1.83. The van der Waals surface area contributed by atoms with Crippen molar-refractivity contribution in [2.45, 2.75) is 6.04 Å². The number of ether oxygens (including phenoxy) is 1. The van der Waals surface area contributed by atoms with Crippen LogP contribution in [0.2, 0.25) is 5.02 Å². The molecule has 1 aliphatic rings. The minimum absolute atomic E-state index is 0.0793. The molecule has 7 heteroatoms. The molecule has 1 amide bonds. The van der Waals surface area contributed by atoms with Gasteiger partial charge in [-0.05, 0) is 23.8 Å². The molecule has 0 aliphatic carbocycles. The SMILES string of the molecule is O=C(NCC(c1ccccc1Cl)N1CCOCC1)c1ccc[nH]c1=O. The second-order valence-corrected chi connectivity index (χ2v) is 6.22. The first-order chi connectivity index (χ1) is 12.2. The van der Waals surface area contributed by atoms with E-state index in [1.807, 2.05) is 24.3 Å². The van der Waals surface area contributed by atoms with Crippen LogP contribution in [0.3, 0.4) is 0 Å². The van der Waals surface area contributed by atoms with Gasteiger partial charge in [0.15, 0.2) is 0 Å². The maximum absolute atomic E-state index is 12.4. The molecule has 0 saturated carbocycles. The van der Waals surface area contributed by atoms with Gasteiger partial charge in [-0.1, -0.05) is 29.8 Å². The highest BCUT2D eigenvalue weighted by Crippen LogP contribution is 2.27. The summed E-state index contributed by atoms with van der Waals surface area (Å²) in [5.41, 5.74) is 0.649. The van der Waals surface area contributed by atoms with Crippen molar-refractivity contribution in [1.29, 1.82) is 0 Å². The molecular formula is C18H20ClN3O3. The highest BCUT2D eigenvalue weighted by Gasteiger charge is 2.25. The second-order valence-electron chi connectivity index (χ2n) is 5.81. The summed E-state index contributed by atoms with van der Waals surface area (Å²) in [4.78, 5) is 28.9. The quantitative estimate of drug-likeness (QED) is 0.852. The van der Waals surface area contributed by atoms with E-state index in [9.17, 15) is 9.59 Å². The number of rotatable bonds is 5. The fourth-order valence-electron chi connectivity index (χ4n) is 2.96. The maximum Gasteiger partial charge on any atom is 0.260 e. The van der Waals surface area contributed by atoms with Gasteiger partial charge in [-0.3, -0.25) is 14.5 Å². The number of halogens is 1. The third kappa shape index (κ3) is 4.28. The van der Waals surface area contributed by atoms with Crippen LogP contribution in [0.15, 0.2) is 47.4 Å². The van der Waals surface area contributed by atoms with Crippen LogP contribution >= 0.6 is 11.6 Å². The number of amides is 1. The van der Waals surface area contributed by atoms with Crippen molar-refractivity contribution in [3.63, 3.8) is 0 Å². The molecule has 0 spiro atoms. The lowest BCUT2D eigenvalue weighted by Gasteiger charge is -2.35. The summed E-state index contributed by atoms with van der Waals surface area (Å²) in [6, 6.07) is 10.7. The number of carbonyl (C=O) groups is 1. The number of hydrogen-bond donors (Lipinski definition) is 2. The molecule has 1 unspecified atom stereocenters. The van der Waals surface area contributed by atoms with Crippen molar-refractivity contribution in [1.82, 2.24) is 15.2 Å². The van der Waals surface area contributed by atoms with E-state index in [0.29, 0.717) is 24.8 Å². The van der Waals surface area contributed by atoms with E-state index in [0.717, 1.165) is 18.7 Å². The number of morpholine rings is 1. The first kappa shape index (κ1) is 17.7. The number of carbonyl (C=O) groups excluding carboxylic acids is 1. The summed E-state index contributed by atoms with van der Waals surface area (Å²) in [7, 11) is 0. The van der Waals surface area contributed by atoms with Crippen LogP contribution in [-0.4, -0.2) is 48.6 Å². The number of H-pyrrole nitrogens is 1. The van der Waals surface area contributed by atoms with Crippen LogP contribution in [0.25, 0.3) is 0 Å². The molecular weight excluding hydrogens is 342 g/mol. The van der Waals surface area contributed by atoms with E-state index in [2.05, 4.69) is 15.2 Å². The lowest BCUT2D eigenvalue weighted by atomic mass is 10.0. The topological polar surface area (TPSA) is 74.4 Å². The van der Waals surface area contributed by atoms with Gasteiger partial charge in [-0.15, -0.1) is 0 Å². The lowest BCUT2D eigenvalue weighted by Crippen LogP contribution is -2.44. The third-order valence-electron chi connectivity index (χ3n) is 4.27. The molecule has 0 bridgehead atoms. The zero-order chi connectivity index (χ0) is 17.6. The number of pyridine rings is 1. The van der Waals surface area contributed by atoms with Crippen LogP contribution in [0.1, 0.15) is 22.0 Å². The normalized spacial score (nSPS) is 16.4. The summed E-state index contributed by atoms with van der Waals surface area (Å²) >= 11 is 6.37. The summed E-state index contributed by atoms with van der Waals surface area (Å²) in [6.45, 7) is 3.17. The summed E-state index contributed by atoms with van der Waals surface area (Å²) in [6.07, 6.45) is 1.50. The fraction of sp³-hybridized carbons (Fsp3) is 0.333. The Balaban J connectivity index is 1.78. The van der Waals surface area contributed by atoms with Gasteiger partial charge in [0, 0.05) is 30.9 Å². The minimum Gasteiger partial charge on any atom is -0.379 e. The monoisotopic (exact) mass is 361 g/mol. The Morgan fingerprint density at radius 2 is 2.00 bits per heavy atom. The van der Waals surface area contributed by atoms with Gasteiger partial charge in [0.05, 0.1) is 19.3 Å². The molecule has 1 aliphatic heterocycles. The second kappa shape index (κ2) is 8.29. The van der Waals surface area contributed by atoms with Gasteiger partial charge < -0.3 is 15.0 Å². The molecule has 2 aromatic rings. The molecule has 3 rings (SSSR count). The molecule has 25 heavy (non-hydrogen) atoms. The molecule has 0 radical (unpaired) electrons. The van der Waals surface area contributed by atoms with Gasteiger partial charge in [0.2, 0.25) is 0 Å². The lowest BCUT2D eigenvalue weighted by molar-refractivity contribution is 0.0162. The van der Waals surface area contributed by atoms with Crippen molar-refractivity contribution in [2.75, 3.05) is 32.8 Å². The van der Waals surface area contributed by atoms with Crippen molar-refractivity contribution in [3.8, 4) is 0 Å². The summed E-state index contributed by atoms with van der Waals surface area (Å²) in [5.74, 6) is -0.396. The Labute approximate surface area is 150 Å². The Morgan fingerprint density at radius 3 is 2.72 bits per heavy atom. The van der Waals surface area contributed by atoms with Gasteiger partial charge in [-0.25, -0.2) is 0 Å². The molecule has 1 saturated heterocycles. The summed E-state index contributed by atoms with van der Waals surface area (Å²) < 4.78 is 5.42. The number of nitrogens with zero attached hydrogens (tertiary/aromatic N) is 1. The molecule has 1 aromatic carbocycles. The van der Waals surface area contributed by atoms with Gasteiger partial charge in [0.25, 0.3) is 11.5 Å². The van der Waals surface area contributed by atoms with Crippen molar-refractivity contribution >= 4 is 17.5 Å². The smallest absolute Gasteiger partial charge is 0.260 e. The average molecular weight is 362 g/mol. The molecule has 2 heterocycles. The van der Waals surface area contributed by atoms with E-state index in [1.54, 1.807) is 6.07 Å². The highest BCUT2D eigenvalue weighted by molar-refractivity contribution is 6.31. The molecule has 1 aromatic heterocycles. The number of benzene rings is 1. The Bertz CT molecular complexity index is 787. The van der Waals surface area contributed by atoms with Crippen LogP contribution < -0.4 is 10.9 Å². The zero-order valence-corrected chi connectivity index (χ0v) is 14.5. The Kier molecular flexibility index (Phi) is 5.86. The average Bonchev–Trinajstić information content (AvgIpc) is 2.64. The van der Waals surface area contributed by atoms with Gasteiger partial charge >= 0.3 is 0 Å². The van der Waals surface area contributed by atoms with Crippen LogP contribution in [-0.2, 0) is 4.74 Å². The Hall–Kier alpha value is -2.15. The van der Waals surface area contributed by atoms with Crippen molar-refractivity contribution in [2.24, 2.45) is 0 Å². The first-order valence-corrected chi connectivity index (χ1v) is 8.57. The largest absolute Gasteiger partial charge is 0.379 e. The maximum atomic E-state index is 12.4. The number of nitrogens with one attached hydrogen (secondary N) is 2. The van der Waals surface area contributed by atoms with E-state index in [-0.39, 0.29) is 11.6 Å². The minimum atomic E-state index is -0.402. The number of hydrogen-bond acceptors (Lipinski definition) is 4. The standard InChI is InChI=1S/C18H20ClN3O3/c19-15-6-2-1-4-13(15)16(22-8-10-25-11-9-22)12-21-18(24)14-5-3-7-20-17(14)23/h1-7,16H,8-12H2,(H,20,23)(H,21,24).